The highest BCUT2D eigenvalue weighted by Gasteiger charge is 2.20. The lowest BCUT2D eigenvalue weighted by Gasteiger charge is -2.23. The predicted molar refractivity (Wildman–Crippen MR) is 78.7 cm³/mol. The summed E-state index contributed by atoms with van der Waals surface area (Å²) in [6, 6.07) is 4.41. The monoisotopic (exact) mass is 295 g/mol. The van der Waals surface area contributed by atoms with Crippen LogP contribution >= 0.6 is 0 Å². The zero-order valence-corrected chi connectivity index (χ0v) is 12.7. The molecule has 21 heavy (non-hydrogen) atoms. The third-order valence-electron chi connectivity index (χ3n) is 3.47. The number of amides is 1. The number of halogens is 1. The quantitative estimate of drug-likeness (QED) is 0.812. The molecule has 116 valence electrons. The van der Waals surface area contributed by atoms with Gasteiger partial charge in [-0.05, 0) is 37.3 Å². The molecule has 0 aliphatic heterocycles. The van der Waals surface area contributed by atoms with Gasteiger partial charge in [0.2, 0.25) is 0 Å². The van der Waals surface area contributed by atoms with Crippen LogP contribution in [-0.2, 0) is 4.79 Å². The van der Waals surface area contributed by atoms with Gasteiger partial charge in [0.15, 0.2) is 0 Å². The molecular formula is C16H22FNO3. The van der Waals surface area contributed by atoms with Gasteiger partial charge in [0.05, 0.1) is 5.56 Å². The Morgan fingerprint density at radius 2 is 1.95 bits per heavy atom. The minimum absolute atomic E-state index is 0.0401. The Bertz CT molecular complexity index is 526. The van der Waals surface area contributed by atoms with Gasteiger partial charge in [-0.15, -0.1) is 0 Å². The second-order valence-electron chi connectivity index (χ2n) is 6.05. The first-order valence-corrected chi connectivity index (χ1v) is 6.97. The maximum absolute atomic E-state index is 13.6. The van der Waals surface area contributed by atoms with Crippen molar-refractivity contribution in [1.82, 2.24) is 5.32 Å². The summed E-state index contributed by atoms with van der Waals surface area (Å²) in [5.74, 6) is -1.80. The lowest BCUT2D eigenvalue weighted by molar-refractivity contribution is -0.137. The van der Waals surface area contributed by atoms with E-state index in [-0.39, 0.29) is 17.4 Å². The molecule has 0 saturated heterocycles. The van der Waals surface area contributed by atoms with E-state index < -0.39 is 17.7 Å². The van der Waals surface area contributed by atoms with Crippen molar-refractivity contribution in [3.63, 3.8) is 0 Å². The van der Waals surface area contributed by atoms with E-state index >= 15 is 0 Å². The van der Waals surface area contributed by atoms with Gasteiger partial charge in [0.1, 0.15) is 5.82 Å². The standard InChI is InChI=1S/C16H22FNO3/c1-11-4-5-13(17)12(10-11)15(21)18-9-8-16(2,3)7-6-14(19)20/h4-5,10H,6-9H2,1-3H3,(H,18,21)(H,19,20). The molecule has 0 unspecified atom stereocenters. The van der Waals surface area contributed by atoms with Gasteiger partial charge < -0.3 is 10.4 Å². The first-order chi connectivity index (χ1) is 9.71. The predicted octanol–water partition coefficient (Wildman–Crippen LogP) is 3.15. The number of hydrogen-bond acceptors (Lipinski definition) is 2. The zero-order chi connectivity index (χ0) is 16.0. The molecule has 4 nitrogen and oxygen atoms in total. The Labute approximate surface area is 124 Å². The summed E-state index contributed by atoms with van der Waals surface area (Å²) < 4.78 is 13.6. The highest BCUT2D eigenvalue weighted by Crippen LogP contribution is 2.26. The minimum atomic E-state index is -0.825. The topological polar surface area (TPSA) is 66.4 Å². The summed E-state index contributed by atoms with van der Waals surface area (Å²) in [5, 5.41) is 11.4. The fourth-order valence-corrected chi connectivity index (χ4v) is 1.99. The molecule has 0 aromatic heterocycles. The number of carboxylic acid groups (broad SMARTS) is 1. The van der Waals surface area contributed by atoms with Crippen LogP contribution in [0, 0.1) is 18.2 Å². The molecule has 0 atom stereocenters. The van der Waals surface area contributed by atoms with Crippen LogP contribution in [0.1, 0.15) is 49.0 Å². The maximum atomic E-state index is 13.6. The van der Waals surface area contributed by atoms with Gasteiger partial charge >= 0.3 is 5.97 Å². The molecular weight excluding hydrogens is 273 g/mol. The van der Waals surface area contributed by atoms with E-state index in [1.807, 2.05) is 13.8 Å². The van der Waals surface area contributed by atoms with Gasteiger partial charge in [0, 0.05) is 13.0 Å². The SMILES string of the molecule is Cc1ccc(F)c(C(=O)NCCC(C)(C)CCC(=O)O)c1. The molecule has 2 N–H and O–H groups in total. The number of hydrogen-bond donors (Lipinski definition) is 2. The summed E-state index contributed by atoms with van der Waals surface area (Å²) in [6.45, 7) is 6.09. The van der Waals surface area contributed by atoms with E-state index in [1.54, 1.807) is 13.0 Å². The van der Waals surface area contributed by atoms with Crippen molar-refractivity contribution in [3.05, 3.63) is 35.1 Å². The molecule has 0 radical (unpaired) electrons. The van der Waals surface area contributed by atoms with E-state index in [4.69, 9.17) is 5.11 Å². The molecule has 0 saturated carbocycles. The fraction of sp³-hybridized carbons (Fsp3) is 0.500. The van der Waals surface area contributed by atoms with Gasteiger partial charge in [0.25, 0.3) is 5.91 Å². The third kappa shape index (κ3) is 5.94. The Hall–Kier alpha value is -1.91. The normalized spacial score (nSPS) is 11.2. The van der Waals surface area contributed by atoms with E-state index in [9.17, 15) is 14.0 Å². The van der Waals surface area contributed by atoms with Crippen molar-refractivity contribution < 1.29 is 19.1 Å². The molecule has 5 heteroatoms. The van der Waals surface area contributed by atoms with E-state index in [0.717, 1.165) is 5.56 Å². The zero-order valence-electron chi connectivity index (χ0n) is 12.7. The number of carbonyl (C=O) groups excluding carboxylic acids is 1. The number of aryl methyl sites for hydroxylation is 1. The highest BCUT2D eigenvalue weighted by atomic mass is 19.1. The van der Waals surface area contributed by atoms with Crippen molar-refractivity contribution in [2.75, 3.05) is 6.54 Å². The van der Waals surface area contributed by atoms with Crippen LogP contribution in [-0.4, -0.2) is 23.5 Å². The summed E-state index contributed by atoms with van der Waals surface area (Å²) in [4.78, 5) is 22.5. The Morgan fingerprint density at radius 1 is 1.29 bits per heavy atom. The average Bonchev–Trinajstić information content (AvgIpc) is 2.39. The van der Waals surface area contributed by atoms with Crippen molar-refractivity contribution in [2.24, 2.45) is 5.41 Å². The van der Waals surface area contributed by atoms with Crippen molar-refractivity contribution in [1.29, 1.82) is 0 Å². The van der Waals surface area contributed by atoms with Crippen LogP contribution in [0.5, 0.6) is 0 Å². The molecule has 0 spiro atoms. The van der Waals surface area contributed by atoms with E-state index in [1.165, 1.54) is 12.1 Å². The number of benzene rings is 1. The molecule has 0 aliphatic carbocycles. The van der Waals surface area contributed by atoms with Crippen molar-refractivity contribution >= 4 is 11.9 Å². The first kappa shape index (κ1) is 17.1. The molecule has 0 aliphatic rings. The molecule has 1 aromatic rings. The van der Waals surface area contributed by atoms with Gasteiger partial charge in [-0.2, -0.15) is 0 Å². The first-order valence-electron chi connectivity index (χ1n) is 6.97. The average molecular weight is 295 g/mol. The lowest BCUT2D eigenvalue weighted by Crippen LogP contribution is -2.29. The molecule has 1 rings (SSSR count). The van der Waals surface area contributed by atoms with Crippen LogP contribution in [0.3, 0.4) is 0 Å². The second kappa shape index (κ2) is 7.20. The second-order valence-corrected chi connectivity index (χ2v) is 6.05. The smallest absolute Gasteiger partial charge is 0.303 e. The number of carbonyl (C=O) groups is 2. The largest absolute Gasteiger partial charge is 0.481 e. The molecule has 0 fully saturated rings. The summed E-state index contributed by atoms with van der Waals surface area (Å²) in [6.07, 6.45) is 1.28. The Balaban J connectivity index is 2.50. The van der Waals surface area contributed by atoms with Crippen LogP contribution in [0.15, 0.2) is 18.2 Å². The van der Waals surface area contributed by atoms with Gasteiger partial charge in [-0.3, -0.25) is 9.59 Å². The summed E-state index contributed by atoms with van der Waals surface area (Å²) >= 11 is 0. The molecule has 0 heterocycles. The fourth-order valence-electron chi connectivity index (χ4n) is 1.99. The van der Waals surface area contributed by atoms with Crippen LogP contribution in [0.25, 0.3) is 0 Å². The minimum Gasteiger partial charge on any atom is -0.481 e. The molecule has 1 aromatic carbocycles. The Kier molecular flexibility index (Phi) is 5.88. The number of aliphatic carboxylic acids is 1. The number of rotatable bonds is 7. The van der Waals surface area contributed by atoms with E-state index in [2.05, 4.69) is 5.32 Å². The Morgan fingerprint density at radius 3 is 2.57 bits per heavy atom. The lowest BCUT2D eigenvalue weighted by atomic mass is 9.84. The van der Waals surface area contributed by atoms with Crippen LogP contribution in [0.2, 0.25) is 0 Å². The van der Waals surface area contributed by atoms with Crippen LogP contribution < -0.4 is 5.32 Å². The van der Waals surface area contributed by atoms with Gasteiger partial charge in [-0.25, -0.2) is 4.39 Å². The number of carboxylic acids is 1. The van der Waals surface area contributed by atoms with Crippen LogP contribution in [0.4, 0.5) is 4.39 Å². The summed E-state index contributed by atoms with van der Waals surface area (Å²) in [5.41, 5.74) is 0.679. The summed E-state index contributed by atoms with van der Waals surface area (Å²) in [7, 11) is 0. The van der Waals surface area contributed by atoms with Gasteiger partial charge in [-0.1, -0.05) is 25.5 Å². The van der Waals surface area contributed by atoms with E-state index in [0.29, 0.717) is 19.4 Å². The third-order valence-corrected chi connectivity index (χ3v) is 3.47. The van der Waals surface area contributed by atoms with Crippen molar-refractivity contribution in [2.45, 2.75) is 40.0 Å². The number of nitrogens with one attached hydrogen (secondary N) is 1. The maximum Gasteiger partial charge on any atom is 0.303 e. The highest BCUT2D eigenvalue weighted by molar-refractivity contribution is 5.94. The molecule has 1 amide bonds. The molecule has 0 bridgehead atoms. The van der Waals surface area contributed by atoms with Crippen molar-refractivity contribution in [3.8, 4) is 0 Å².